The Labute approximate surface area is 164 Å². The van der Waals surface area contributed by atoms with Crippen LogP contribution in [0.25, 0.3) is 11.3 Å². The van der Waals surface area contributed by atoms with Crippen molar-refractivity contribution in [3.05, 3.63) is 58.7 Å². The molecule has 1 aromatic heterocycles. The molecule has 1 atom stereocenters. The second-order valence-corrected chi connectivity index (χ2v) is 7.33. The highest BCUT2D eigenvalue weighted by atomic mass is 79.9. The van der Waals surface area contributed by atoms with E-state index in [4.69, 9.17) is 4.74 Å². The largest absolute Gasteiger partial charge is 0.497 e. The molecule has 2 aromatic carbocycles. The lowest BCUT2D eigenvalue weighted by atomic mass is 9.95. The van der Waals surface area contributed by atoms with Crippen LogP contribution in [-0.2, 0) is 16.9 Å². The predicted molar refractivity (Wildman–Crippen MR) is 103 cm³/mol. The zero-order chi connectivity index (χ0) is 19.2. The number of halogens is 1. The van der Waals surface area contributed by atoms with E-state index in [1.54, 1.807) is 32.5 Å². The van der Waals surface area contributed by atoms with Gasteiger partial charge in [-0.3, -0.25) is 4.79 Å². The van der Waals surface area contributed by atoms with E-state index in [9.17, 15) is 9.90 Å². The van der Waals surface area contributed by atoms with Gasteiger partial charge < -0.3 is 14.7 Å². The van der Waals surface area contributed by atoms with Crippen LogP contribution in [0.2, 0.25) is 0 Å². The average Bonchev–Trinajstić information content (AvgIpc) is 3.20. The standard InChI is InChI=1S/C19H17BrN4O3/c1-23-17-8-5-13(20)9-15(17)19(26,18(23)25)11-24-10-16(21-22-24)12-3-6-14(27-2)7-4-12/h3-10,26H,11H2,1-2H3. The third-order valence-electron chi connectivity index (χ3n) is 4.74. The Morgan fingerprint density at radius 3 is 2.67 bits per heavy atom. The van der Waals surface area contributed by atoms with Crippen LogP contribution in [0.3, 0.4) is 0 Å². The first-order valence-electron chi connectivity index (χ1n) is 8.27. The van der Waals surface area contributed by atoms with Crippen LogP contribution < -0.4 is 9.64 Å². The van der Waals surface area contributed by atoms with Crippen LogP contribution in [0.5, 0.6) is 5.75 Å². The smallest absolute Gasteiger partial charge is 0.265 e. The van der Waals surface area contributed by atoms with E-state index in [0.717, 1.165) is 15.8 Å². The minimum Gasteiger partial charge on any atom is -0.497 e. The fourth-order valence-electron chi connectivity index (χ4n) is 3.29. The van der Waals surface area contributed by atoms with E-state index < -0.39 is 11.5 Å². The van der Waals surface area contributed by atoms with Crippen LogP contribution in [0.4, 0.5) is 5.69 Å². The highest BCUT2D eigenvalue weighted by molar-refractivity contribution is 9.10. The number of amides is 1. The third-order valence-corrected chi connectivity index (χ3v) is 5.23. The van der Waals surface area contributed by atoms with E-state index in [0.29, 0.717) is 16.9 Å². The number of aliphatic hydroxyl groups is 1. The number of fused-ring (bicyclic) bond motifs is 1. The summed E-state index contributed by atoms with van der Waals surface area (Å²) in [5, 5.41) is 19.4. The maximum absolute atomic E-state index is 12.7. The number of hydrogen-bond acceptors (Lipinski definition) is 5. The zero-order valence-corrected chi connectivity index (χ0v) is 16.3. The van der Waals surface area contributed by atoms with Crippen LogP contribution >= 0.6 is 15.9 Å². The van der Waals surface area contributed by atoms with Crippen molar-refractivity contribution < 1.29 is 14.6 Å². The normalized spacial score (nSPS) is 18.7. The molecule has 1 aliphatic heterocycles. The van der Waals surface area contributed by atoms with Crippen molar-refractivity contribution in [1.29, 1.82) is 0 Å². The maximum atomic E-state index is 12.7. The lowest BCUT2D eigenvalue weighted by Gasteiger charge is -2.21. The second kappa shape index (κ2) is 6.47. The number of carbonyl (C=O) groups is 1. The quantitative estimate of drug-likeness (QED) is 0.690. The second-order valence-electron chi connectivity index (χ2n) is 6.42. The van der Waals surface area contributed by atoms with Crippen molar-refractivity contribution >= 4 is 27.5 Å². The molecule has 3 aromatic rings. The summed E-state index contributed by atoms with van der Waals surface area (Å²) in [6.07, 6.45) is 1.71. The number of anilines is 1. The Hall–Kier alpha value is -2.71. The summed E-state index contributed by atoms with van der Waals surface area (Å²) in [5.41, 5.74) is 1.05. The van der Waals surface area contributed by atoms with Gasteiger partial charge in [0, 0.05) is 22.6 Å². The first-order valence-corrected chi connectivity index (χ1v) is 9.07. The summed E-state index contributed by atoms with van der Waals surface area (Å²) in [4.78, 5) is 14.2. The van der Waals surface area contributed by atoms with Crippen molar-refractivity contribution in [1.82, 2.24) is 15.0 Å². The van der Waals surface area contributed by atoms with Gasteiger partial charge in [-0.2, -0.15) is 0 Å². The number of nitrogens with zero attached hydrogens (tertiary/aromatic N) is 4. The minimum absolute atomic E-state index is 0.0250. The van der Waals surface area contributed by atoms with Crippen molar-refractivity contribution in [2.75, 3.05) is 19.1 Å². The number of benzene rings is 2. The topological polar surface area (TPSA) is 80.5 Å². The summed E-state index contributed by atoms with van der Waals surface area (Å²) >= 11 is 3.40. The molecule has 0 spiro atoms. The molecule has 1 aliphatic rings. The Morgan fingerprint density at radius 1 is 1.22 bits per heavy atom. The maximum Gasteiger partial charge on any atom is 0.265 e. The molecule has 0 aliphatic carbocycles. The van der Waals surface area contributed by atoms with Crippen LogP contribution in [0.1, 0.15) is 5.56 Å². The Morgan fingerprint density at radius 2 is 1.96 bits per heavy atom. The highest BCUT2D eigenvalue weighted by Crippen LogP contribution is 2.41. The third kappa shape index (κ3) is 2.90. The summed E-state index contributed by atoms with van der Waals surface area (Å²) in [5.74, 6) is 0.360. The number of methoxy groups -OCH3 is 1. The van der Waals surface area contributed by atoms with E-state index >= 15 is 0 Å². The molecule has 0 bridgehead atoms. The molecular weight excluding hydrogens is 412 g/mol. The zero-order valence-electron chi connectivity index (χ0n) is 14.8. The summed E-state index contributed by atoms with van der Waals surface area (Å²) in [6, 6.07) is 12.8. The molecule has 138 valence electrons. The number of likely N-dealkylation sites (N-methyl/N-ethyl adjacent to an activating group) is 1. The summed E-state index contributed by atoms with van der Waals surface area (Å²) in [7, 11) is 3.26. The van der Waals surface area contributed by atoms with Gasteiger partial charge in [-0.25, -0.2) is 4.68 Å². The van der Waals surface area contributed by atoms with Gasteiger partial charge in [0.1, 0.15) is 11.4 Å². The van der Waals surface area contributed by atoms with E-state index in [1.807, 2.05) is 30.3 Å². The number of rotatable bonds is 4. The molecule has 8 heteroatoms. The van der Waals surface area contributed by atoms with Gasteiger partial charge in [0.05, 0.1) is 25.5 Å². The molecule has 0 saturated heterocycles. The monoisotopic (exact) mass is 428 g/mol. The molecule has 1 unspecified atom stereocenters. The van der Waals surface area contributed by atoms with E-state index in [2.05, 4.69) is 26.2 Å². The molecular formula is C19H17BrN4O3. The summed E-state index contributed by atoms with van der Waals surface area (Å²) in [6.45, 7) is -0.0250. The SMILES string of the molecule is COc1ccc(-c2cn(CC3(O)C(=O)N(C)c4ccc(Br)cc43)nn2)cc1. The number of hydrogen-bond donors (Lipinski definition) is 1. The first kappa shape index (κ1) is 17.7. The molecule has 7 nitrogen and oxygen atoms in total. The average molecular weight is 429 g/mol. The van der Waals surface area contributed by atoms with Crippen LogP contribution in [0, 0.1) is 0 Å². The molecule has 0 saturated carbocycles. The van der Waals surface area contributed by atoms with Gasteiger partial charge in [-0.15, -0.1) is 5.10 Å². The lowest BCUT2D eigenvalue weighted by Crippen LogP contribution is -2.42. The first-order chi connectivity index (χ1) is 12.9. The fraction of sp³-hybridized carbons (Fsp3) is 0.211. The van der Waals surface area contributed by atoms with Gasteiger partial charge in [-0.05, 0) is 42.5 Å². The molecule has 4 rings (SSSR count). The van der Waals surface area contributed by atoms with Gasteiger partial charge in [0.25, 0.3) is 5.91 Å². The number of carbonyl (C=O) groups excluding carboxylic acids is 1. The molecule has 0 radical (unpaired) electrons. The molecule has 27 heavy (non-hydrogen) atoms. The van der Waals surface area contributed by atoms with Gasteiger partial charge in [0.15, 0.2) is 5.60 Å². The van der Waals surface area contributed by atoms with E-state index in [-0.39, 0.29) is 6.54 Å². The predicted octanol–water partition coefficient (Wildman–Crippen LogP) is 2.58. The van der Waals surface area contributed by atoms with Crippen molar-refractivity contribution in [3.8, 4) is 17.0 Å². The van der Waals surface area contributed by atoms with E-state index in [1.165, 1.54) is 9.58 Å². The molecule has 2 heterocycles. The Kier molecular flexibility index (Phi) is 4.24. The van der Waals surface area contributed by atoms with Crippen LogP contribution in [-0.4, -0.2) is 40.2 Å². The van der Waals surface area contributed by atoms with Crippen molar-refractivity contribution in [2.24, 2.45) is 0 Å². The van der Waals surface area contributed by atoms with Gasteiger partial charge in [0.2, 0.25) is 0 Å². The number of aromatic nitrogens is 3. The van der Waals surface area contributed by atoms with Gasteiger partial charge in [-0.1, -0.05) is 21.1 Å². The summed E-state index contributed by atoms with van der Waals surface area (Å²) < 4.78 is 7.44. The number of ether oxygens (including phenoxy) is 1. The lowest BCUT2D eigenvalue weighted by molar-refractivity contribution is -0.137. The Bertz CT molecular complexity index is 1020. The Balaban J connectivity index is 1.65. The highest BCUT2D eigenvalue weighted by Gasteiger charge is 2.49. The fourth-order valence-corrected chi connectivity index (χ4v) is 3.65. The molecule has 1 amide bonds. The molecule has 0 fully saturated rings. The molecule has 1 N–H and O–H groups in total. The van der Waals surface area contributed by atoms with Crippen molar-refractivity contribution in [2.45, 2.75) is 12.1 Å². The minimum atomic E-state index is -1.70. The van der Waals surface area contributed by atoms with Gasteiger partial charge >= 0.3 is 0 Å². The van der Waals surface area contributed by atoms with Crippen molar-refractivity contribution in [3.63, 3.8) is 0 Å². The van der Waals surface area contributed by atoms with Crippen LogP contribution in [0.15, 0.2) is 53.1 Å².